The lowest BCUT2D eigenvalue weighted by Crippen LogP contribution is -2.15. The molecule has 1 unspecified atom stereocenters. The predicted molar refractivity (Wildman–Crippen MR) is 58.0 cm³/mol. The van der Waals surface area contributed by atoms with Gasteiger partial charge >= 0.3 is 0 Å². The lowest BCUT2D eigenvalue weighted by Gasteiger charge is -2.11. The van der Waals surface area contributed by atoms with Crippen LogP contribution in [-0.4, -0.2) is 26.8 Å². The summed E-state index contributed by atoms with van der Waals surface area (Å²) in [4.78, 5) is 0. The molecular weight excluding hydrogens is 162 g/mol. The Bertz CT molecular complexity index is 134. The monoisotopic (exact) mass is 185 g/mol. The van der Waals surface area contributed by atoms with Gasteiger partial charge in [-0.2, -0.15) is 0 Å². The Balaban J connectivity index is 3.28. The highest BCUT2D eigenvalue weighted by Gasteiger charge is 2.00. The van der Waals surface area contributed by atoms with Crippen molar-refractivity contribution in [3.63, 3.8) is 0 Å². The molecule has 0 amide bonds. The molecule has 0 bridgehead atoms. The summed E-state index contributed by atoms with van der Waals surface area (Å²) in [6, 6.07) is 0. The molecule has 78 valence electrons. The van der Waals surface area contributed by atoms with Crippen molar-refractivity contribution in [2.24, 2.45) is 5.92 Å². The van der Waals surface area contributed by atoms with E-state index in [1.165, 1.54) is 12.8 Å². The van der Waals surface area contributed by atoms with E-state index >= 15 is 0 Å². The molecule has 0 radical (unpaired) electrons. The molecule has 0 saturated carbocycles. The standard InChI is InChI=1S/C11H23NO/c1-5-6-10(2)8-13-9-11(3)7-12-4/h10,12H,3,5-9H2,1-2,4H3. The molecule has 2 nitrogen and oxygen atoms in total. The summed E-state index contributed by atoms with van der Waals surface area (Å²) < 4.78 is 5.52. The highest BCUT2D eigenvalue weighted by molar-refractivity contribution is 4.96. The van der Waals surface area contributed by atoms with Crippen LogP contribution in [-0.2, 0) is 4.74 Å². The summed E-state index contributed by atoms with van der Waals surface area (Å²) in [7, 11) is 1.92. The number of nitrogens with one attached hydrogen (secondary N) is 1. The maximum Gasteiger partial charge on any atom is 0.0686 e. The highest BCUT2D eigenvalue weighted by Crippen LogP contribution is 2.05. The van der Waals surface area contributed by atoms with E-state index < -0.39 is 0 Å². The van der Waals surface area contributed by atoms with Gasteiger partial charge in [0.25, 0.3) is 0 Å². The Kier molecular flexibility index (Phi) is 8.05. The van der Waals surface area contributed by atoms with Crippen LogP contribution in [0.25, 0.3) is 0 Å². The molecule has 1 atom stereocenters. The summed E-state index contributed by atoms with van der Waals surface area (Å²) in [5.41, 5.74) is 1.12. The normalized spacial score (nSPS) is 12.8. The van der Waals surface area contributed by atoms with Gasteiger partial charge in [0.05, 0.1) is 6.61 Å². The fourth-order valence-electron chi connectivity index (χ4n) is 1.28. The fourth-order valence-corrected chi connectivity index (χ4v) is 1.28. The van der Waals surface area contributed by atoms with Crippen molar-refractivity contribution < 1.29 is 4.74 Å². The van der Waals surface area contributed by atoms with E-state index in [1.807, 2.05) is 7.05 Å². The van der Waals surface area contributed by atoms with Crippen LogP contribution in [0.15, 0.2) is 12.2 Å². The van der Waals surface area contributed by atoms with Crippen molar-refractivity contribution in [3.05, 3.63) is 12.2 Å². The predicted octanol–water partition coefficient (Wildman–Crippen LogP) is 2.21. The van der Waals surface area contributed by atoms with Gasteiger partial charge in [0.15, 0.2) is 0 Å². The third-order valence-electron chi connectivity index (χ3n) is 1.92. The molecule has 0 aromatic carbocycles. The van der Waals surface area contributed by atoms with E-state index in [9.17, 15) is 0 Å². The van der Waals surface area contributed by atoms with Crippen molar-refractivity contribution in [1.82, 2.24) is 5.32 Å². The van der Waals surface area contributed by atoms with Crippen LogP contribution in [0.1, 0.15) is 26.7 Å². The molecule has 0 aliphatic rings. The third-order valence-corrected chi connectivity index (χ3v) is 1.92. The summed E-state index contributed by atoms with van der Waals surface area (Å²) in [6.45, 7) is 10.7. The van der Waals surface area contributed by atoms with Gasteiger partial charge in [-0.1, -0.05) is 26.8 Å². The maximum atomic E-state index is 5.52. The first kappa shape index (κ1) is 12.7. The average Bonchev–Trinajstić information content (AvgIpc) is 2.05. The molecule has 0 aromatic rings. The third kappa shape index (κ3) is 8.00. The Labute approximate surface area is 82.4 Å². The van der Waals surface area contributed by atoms with Crippen LogP contribution in [0.5, 0.6) is 0 Å². The van der Waals surface area contributed by atoms with Crippen molar-refractivity contribution in [2.75, 3.05) is 26.8 Å². The number of hydrogen-bond acceptors (Lipinski definition) is 2. The molecule has 13 heavy (non-hydrogen) atoms. The summed E-state index contributed by atoms with van der Waals surface area (Å²) >= 11 is 0. The second-order valence-electron chi connectivity index (χ2n) is 3.69. The molecule has 0 rings (SSSR count). The Morgan fingerprint density at radius 3 is 2.77 bits per heavy atom. The zero-order valence-corrected chi connectivity index (χ0v) is 9.23. The Hall–Kier alpha value is -0.340. The second kappa shape index (κ2) is 8.27. The Morgan fingerprint density at radius 1 is 1.54 bits per heavy atom. The molecule has 0 spiro atoms. The van der Waals surface area contributed by atoms with Crippen LogP contribution in [0, 0.1) is 5.92 Å². The minimum Gasteiger partial charge on any atom is -0.377 e. The summed E-state index contributed by atoms with van der Waals surface area (Å²) in [6.07, 6.45) is 2.49. The van der Waals surface area contributed by atoms with E-state index in [0.717, 1.165) is 18.7 Å². The molecule has 0 aromatic heterocycles. The quantitative estimate of drug-likeness (QED) is 0.585. The van der Waals surface area contributed by atoms with Crippen molar-refractivity contribution in [2.45, 2.75) is 26.7 Å². The Morgan fingerprint density at radius 2 is 2.23 bits per heavy atom. The van der Waals surface area contributed by atoms with E-state index in [2.05, 4.69) is 25.7 Å². The molecule has 1 N–H and O–H groups in total. The van der Waals surface area contributed by atoms with Crippen LogP contribution in [0.2, 0.25) is 0 Å². The van der Waals surface area contributed by atoms with Gasteiger partial charge < -0.3 is 10.1 Å². The fraction of sp³-hybridized carbons (Fsp3) is 0.818. The molecule has 0 saturated heterocycles. The lowest BCUT2D eigenvalue weighted by atomic mass is 10.1. The molecular formula is C11H23NO. The van der Waals surface area contributed by atoms with Gasteiger partial charge in [-0.3, -0.25) is 0 Å². The smallest absolute Gasteiger partial charge is 0.0686 e. The first-order valence-corrected chi connectivity index (χ1v) is 5.09. The lowest BCUT2D eigenvalue weighted by molar-refractivity contribution is 0.119. The van der Waals surface area contributed by atoms with Crippen molar-refractivity contribution >= 4 is 0 Å². The average molecular weight is 185 g/mol. The zero-order valence-electron chi connectivity index (χ0n) is 9.23. The van der Waals surface area contributed by atoms with E-state index in [4.69, 9.17) is 4.74 Å². The summed E-state index contributed by atoms with van der Waals surface area (Å²) in [5.74, 6) is 0.674. The van der Waals surface area contributed by atoms with Crippen LogP contribution >= 0.6 is 0 Å². The first-order valence-electron chi connectivity index (χ1n) is 5.09. The van der Waals surface area contributed by atoms with Gasteiger partial charge in [0, 0.05) is 13.2 Å². The topological polar surface area (TPSA) is 21.3 Å². The number of likely N-dealkylation sites (N-methyl/N-ethyl adjacent to an activating group) is 1. The molecule has 2 heteroatoms. The van der Waals surface area contributed by atoms with Gasteiger partial charge in [0.1, 0.15) is 0 Å². The van der Waals surface area contributed by atoms with E-state index in [1.54, 1.807) is 0 Å². The minimum absolute atomic E-state index is 0.674. The van der Waals surface area contributed by atoms with Gasteiger partial charge in [0.2, 0.25) is 0 Å². The first-order chi connectivity index (χ1) is 6.20. The minimum atomic E-state index is 0.674. The number of ether oxygens (including phenoxy) is 1. The second-order valence-corrected chi connectivity index (χ2v) is 3.69. The van der Waals surface area contributed by atoms with Crippen LogP contribution in [0.3, 0.4) is 0 Å². The van der Waals surface area contributed by atoms with Gasteiger partial charge in [-0.25, -0.2) is 0 Å². The van der Waals surface area contributed by atoms with Crippen molar-refractivity contribution in [1.29, 1.82) is 0 Å². The van der Waals surface area contributed by atoms with E-state index in [-0.39, 0.29) is 0 Å². The molecule has 0 fully saturated rings. The molecule has 0 aliphatic carbocycles. The number of rotatable bonds is 8. The van der Waals surface area contributed by atoms with E-state index in [0.29, 0.717) is 12.5 Å². The summed E-state index contributed by atoms with van der Waals surface area (Å²) in [5, 5.41) is 3.05. The van der Waals surface area contributed by atoms with Gasteiger partial charge in [-0.05, 0) is 25.0 Å². The molecule has 0 aliphatic heterocycles. The maximum absolute atomic E-state index is 5.52. The highest BCUT2D eigenvalue weighted by atomic mass is 16.5. The molecule has 0 heterocycles. The number of hydrogen-bond donors (Lipinski definition) is 1. The largest absolute Gasteiger partial charge is 0.377 e. The zero-order chi connectivity index (χ0) is 10.1. The van der Waals surface area contributed by atoms with Crippen LogP contribution < -0.4 is 5.32 Å². The SMILES string of the molecule is C=C(CNC)COCC(C)CCC. The van der Waals surface area contributed by atoms with Gasteiger partial charge in [-0.15, -0.1) is 0 Å². The van der Waals surface area contributed by atoms with Crippen molar-refractivity contribution in [3.8, 4) is 0 Å². The van der Waals surface area contributed by atoms with Crippen LogP contribution in [0.4, 0.5) is 0 Å².